The normalized spacial score (nSPS) is 22.0. The largest absolute Gasteiger partial charge is 0.356 e. The minimum Gasteiger partial charge on any atom is -0.356 e. The van der Waals surface area contributed by atoms with E-state index in [0.717, 1.165) is 19.0 Å². The number of anilines is 1. The van der Waals surface area contributed by atoms with Gasteiger partial charge < -0.3 is 10.2 Å². The summed E-state index contributed by atoms with van der Waals surface area (Å²) in [6.45, 7) is 11.6. The Labute approximate surface area is 130 Å². The summed E-state index contributed by atoms with van der Waals surface area (Å²) in [6, 6.07) is 4.59. The van der Waals surface area contributed by atoms with Crippen LogP contribution >= 0.6 is 0 Å². The van der Waals surface area contributed by atoms with E-state index in [0.29, 0.717) is 11.5 Å². The van der Waals surface area contributed by atoms with Crippen molar-refractivity contribution in [2.45, 2.75) is 53.0 Å². The first-order chi connectivity index (χ1) is 9.93. The van der Waals surface area contributed by atoms with E-state index < -0.39 is 0 Å². The lowest BCUT2D eigenvalue weighted by atomic mass is 9.77. The zero-order valence-corrected chi connectivity index (χ0v) is 14.3. The summed E-state index contributed by atoms with van der Waals surface area (Å²) in [5.41, 5.74) is 1.73. The molecule has 1 fully saturated rings. The van der Waals surface area contributed by atoms with Crippen LogP contribution in [0.1, 0.15) is 58.6 Å². The second-order valence-electron chi connectivity index (χ2n) is 7.41. The summed E-state index contributed by atoms with van der Waals surface area (Å²) >= 11 is 0. The molecule has 21 heavy (non-hydrogen) atoms. The summed E-state index contributed by atoms with van der Waals surface area (Å²) in [7, 11) is 2.01. The molecule has 0 radical (unpaired) electrons. The van der Waals surface area contributed by atoms with Crippen LogP contribution in [0.15, 0.2) is 18.3 Å². The Hall–Kier alpha value is -1.09. The molecule has 1 aliphatic heterocycles. The molecule has 0 amide bonds. The predicted molar refractivity (Wildman–Crippen MR) is 90.7 cm³/mol. The molecule has 1 aliphatic rings. The molecule has 0 bridgehead atoms. The number of nitrogens with zero attached hydrogens (tertiary/aromatic N) is 2. The molecule has 0 aliphatic carbocycles. The maximum atomic E-state index is 4.69. The summed E-state index contributed by atoms with van der Waals surface area (Å²) in [6.07, 6.45) is 5.80. The third-order valence-corrected chi connectivity index (χ3v) is 4.97. The van der Waals surface area contributed by atoms with Crippen LogP contribution in [0.4, 0.5) is 5.82 Å². The zero-order chi connectivity index (χ0) is 15.5. The van der Waals surface area contributed by atoms with E-state index in [-0.39, 0.29) is 0 Å². The smallest absolute Gasteiger partial charge is 0.133 e. The highest BCUT2D eigenvalue weighted by Crippen LogP contribution is 2.35. The van der Waals surface area contributed by atoms with Gasteiger partial charge in [-0.15, -0.1) is 0 Å². The lowest BCUT2D eigenvalue weighted by Gasteiger charge is -2.30. The Balaban J connectivity index is 2.16. The molecule has 3 heteroatoms. The predicted octanol–water partition coefficient (Wildman–Crippen LogP) is 4.01. The van der Waals surface area contributed by atoms with Gasteiger partial charge in [-0.2, -0.15) is 0 Å². The molecule has 2 heterocycles. The first-order valence-electron chi connectivity index (χ1n) is 8.30. The average molecular weight is 289 g/mol. The number of aromatic nitrogens is 1. The SMILES string of the molecule is CNC(C)c1cccnc1N1CCCC(C(C)(C)C)CC1. The molecule has 0 saturated carbocycles. The van der Waals surface area contributed by atoms with E-state index in [9.17, 15) is 0 Å². The van der Waals surface area contributed by atoms with Crippen LogP contribution in [0.25, 0.3) is 0 Å². The maximum Gasteiger partial charge on any atom is 0.133 e. The van der Waals surface area contributed by atoms with Crippen LogP contribution in [0.5, 0.6) is 0 Å². The molecule has 1 saturated heterocycles. The molecule has 1 N–H and O–H groups in total. The minimum atomic E-state index is 0.343. The van der Waals surface area contributed by atoms with Crippen molar-refractivity contribution in [2.75, 3.05) is 25.0 Å². The Morgan fingerprint density at radius 2 is 2.05 bits per heavy atom. The standard InChI is InChI=1S/C18H31N3/c1-14(19-5)16-9-6-11-20-17(16)21-12-7-8-15(10-13-21)18(2,3)4/h6,9,11,14-15,19H,7-8,10,12-13H2,1-5H3. The number of pyridine rings is 1. The van der Waals surface area contributed by atoms with Crippen molar-refractivity contribution in [1.29, 1.82) is 0 Å². The van der Waals surface area contributed by atoms with Crippen LogP contribution in [0.2, 0.25) is 0 Å². The quantitative estimate of drug-likeness (QED) is 0.911. The molecular formula is C18H31N3. The molecule has 118 valence electrons. The van der Waals surface area contributed by atoms with Gasteiger partial charge in [0.15, 0.2) is 0 Å². The topological polar surface area (TPSA) is 28.2 Å². The van der Waals surface area contributed by atoms with Crippen LogP contribution in [-0.2, 0) is 0 Å². The fraction of sp³-hybridized carbons (Fsp3) is 0.722. The fourth-order valence-electron chi connectivity index (χ4n) is 3.34. The highest BCUT2D eigenvalue weighted by Gasteiger charge is 2.28. The van der Waals surface area contributed by atoms with Crippen molar-refractivity contribution in [3.63, 3.8) is 0 Å². The molecule has 1 aromatic heterocycles. The van der Waals surface area contributed by atoms with E-state index in [1.807, 2.05) is 19.3 Å². The Morgan fingerprint density at radius 1 is 1.29 bits per heavy atom. The molecule has 3 nitrogen and oxygen atoms in total. The molecule has 2 unspecified atom stereocenters. The first kappa shape index (κ1) is 16.3. The molecule has 0 spiro atoms. The molecule has 2 rings (SSSR count). The van der Waals surface area contributed by atoms with E-state index >= 15 is 0 Å². The lowest BCUT2D eigenvalue weighted by Crippen LogP contribution is -2.29. The van der Waals surface area contributed by atoms with Crippen LogP contribution in [-0.4, -0.2) is 25.1 Å². The van der Waals surface area contributed by atoms with E-state index in [2.05, 4.69) is 49.0 Å². The third kappa shape index (κ3) is 3.97. The zero-order valence-electron chi connectivity index (χ0n) is 14.3. The molecule has 1 aromatic rings. The minimum absolute atomic E-state index is 0.343. The van der Waals surface area contributed by atoms with Gasteiger partial charge in [0.2, 0.25) is 0 Å². The molecule has 2 atom stereocenters. The van der Waals surface area contributed by atoms with Gasteiger partial charge >= 0.3 is 0 Å². The summed E-state index contributed by atoms with van der Waals surface area (Å²) in [5, 5.41) is 3.34. The Bertz CT molecular complexity index is 450. The second kappa shape index (κ2) is 6.78. The van der Waals surface area contributed by atoms with E-state index in [4.69, 9.17) is 0 Å². The average Bonchev–Trinajstić information content (AvgIpc) is 2.72. The number of rotatable bonds is 3. The van der Waals surface area contributed by atoms with Crippen molar-refractivity contribution in [1.82, 2.24) is 10.3 Å². The Morgan fingerprint density at radius 3 is 2.71 bits per heavy atom. The second-order valence-corrected chi connectivity index (χ2v) is 7.41. The van der Waals surface area contributed by atoms with Gasteiger partial charge in [-0.3, -0.25) is 0 Å². The van der Waals surface area contributed by atoms with Crippen LogP contribution < -0.4 is 10.2 Å². The number of hydrogen-bond donors (Lipinski definition) is 1. The monoisotopic (exact) mass is 289 g/mol. The highest BCUT2D eigenvalue weighted by atomic mass is 15.2. The highest BCUT2D eigenvalue weighted by molar-refractivity contribution is 5.48. The van der Waals surface area contributed by atoms with Gasteiger partial charge in [0, 0.05) is 30.9 Å². The van der Waals surface area contributed by atoms with Gasteiger partial charge in [0.25, 0.3) is 0 Å². The van der Waals surface area contributed by atoms with Gasteiger partial charge in [0.05, 0.1) is 0 Å². The maximum absolute atomic E-state index is 4.69. The molecular weight excluding hydrogens is 258 g/mol. The van der Waals surface area contributed by atoms with Gasteiger partial charge in [0.1, 0.15) is 5.82 Å². The lowest BCUT2D eigenvalue weighted by molar-refractivity contribution is 0.220. The Kier molecular flexibility index (Phi) is 5.26. The van der Waals surface area contributed by atoms with Crippen molar-refractivity contribution < 1.29 is 0 Å². The van der Waals surface area contributed by atoms with Gasteiger partial charge in [-0.1, -0.05) is 26.8 Å². The van der Waals surface area contributed by atoms with Gasteiger partial charge in [-0.25, -0.2) is 4.98 Å². The molecule has 0 aromatic carbocycles. The van der Waals surface area contributed by atoms with Crippen molar-refractivity contribution in [3.05, 3.63) is 23.9 Å². The summed E-state index contributed by atoms with van der Waals surface area (Å²) in [4.78, 5) is 7.18. The van der Waals surface area contributed by atoms with Crippen molar-refractivity contribution in [3.8, 4) is 0 Å². The van der Waals surface area contributed by atoms with E-state index in [1.54, 1.807) is 0 Å². The third-order valence-electron chi connectivity index (χ3n) is 4.97. The number of nitrogens with one attached hydrogen (secondary N) is 1. The summed E-state index contributed by atoms with van der Waals surface area (Å²) in [5.74, 6) is 1.99. The van der Waals surface area contributed by atoms with E-state index in [1.165, 1.54) is 30.6 Å². The van der Waals surface area contributed by atoms with Crippen LogP contribution in [0.3, 0.4) is 0 Å². The first-order valence-corrected chi connectivity index (χ1v) is 8.30. The fourth-order valence-corrected chi connectivity index (χ4v) is 3.34. The van der Waals surface area contributed by atoms with Crippen LogP contribution in [0, 0.1) is 11.3 Å². The number of hydrogen-bond acceptors (Lipinski definition) is 3. The summed E-state index contributed by atoms with van der Waals surface area (Å²) < 4.78 is 0. The van der Waals surface area contributed by atoms with Crippen molar-refractivity contribution in [2.24, 2.45) is 11.3 Å². The van der Waals surface area contributed by atoms with Crippen molar-refractivity contribution >= 4 is 5.82 Å². The van der Waals surface area contributed by atoms with Gasteiger partial charge in [-0.05, 0) is 50.6 Å².